The second kappa shape index (κ2) is 9.41. The molecule has 2 atom stereocenters. The van der Waals surface area contributed by atoms with Crippen LogP contribution in [-0.2, 0) is 17.5 Å². The molecule has 1 saturated heterocycles. The summed E-state index contributed by atoms with van der Waals surface area (Å²) in [5.41, 5.74) is 0.548. The monoisotopic (exact) mass is 433 g/mol. The first kappa shape index (κ1) is 22.7. The number of amides is 3. The number of carbonyl (C=O) groups is 2. The highest BCUT2D eigenvalue weighted by Crippen LogP contribution is 2.36. The fourth-order valence-electron chi connectivity index (χ4n) is 3.77. The van der Waals surface area contributed by atoms with E-state index < -0.39 is 23.6 Å². The molecular formula is C23H26F3N3O2. The van der Waals surface area contributed by atoms with Crippen molar-refractivity contribution in [2.45, 2.75) is 38.5 Å². The molecule has 2 unspecified atom stereocenters. The maximum absolute atomic E-state index is 13.2. The van der Waals surface area contributed by atoms with Gasteiger partial charge in [-0.3, -0.25) is 4.79 Å². The molecule has 2 aromatic rings. The first-order valence-electron chi connectivity index (χ1n) is 10.2. The van der Waals surface area contributed by atoms with Gasteiger partial charge in [-0.2, -0.15) is 13.2 Å². The first-order chi connectivity index (χ1) is 14.6. The highest BCUT2D eigenvalue weighted by molar-refractivity contribution is 5.83. The Morgan fingerprint density at radius 3 is 2.42 bits per heavy atom. The summed E-state index contributed by atoms with van der Waals surface area (Å²) in [4.78, 5) is 27.0. The minimum atomic E-state index is -4.48. The maximum Gasteiger partial charge on any atom is 0.416 e. The molecule has 1 aliphatic rings. The lowest BCUT2D eigenvalue weighted by Crippen LogP contribution is -2.42. The fourth-order valence-corrected chi connectivity index (χ4v) is 3.77. The van der Waals surface area contributed by atoms with Crippen molar-refractivity contribution in [1.82, 2.24) is 15.5 Å². The third kappa shape index (κ3) is 5.77. The summed E-state index contributed by atoms with van der Waals surface area (Å²) in [6.07, 6.45) is -4.48. The van der Waals surface area contributed by atoms with Crippen LogP contribution in [0.1, 0.15) is 36.5 Å². The van der Waals surface area contributed by atoms with Gasteiger partial charge in [0.1, 0.15) is 0 Å². The topological polar surface area (TPSA) is 61.4 Å². The summed E-state index contributed by atoms with van der Waals surface area (Å²) < 4.78 is 39.6. The van der Waals surface area contributed by atoms with E-state index in [9.17, 15) is 22.8 Å². The van der Waals surface area contributed by atoms with E-state index in [2.05, 4.69) is 10.6 Å². The summed E-state index contributed by atoms with van der Waals surface area (Å²) in [7, 11) is 0. The molecule has 1 aliphatic heterocycles. The van der Waals surface area contributed by atoms with Gasteiger partial charge in [0.15, 0.2) is 0 Å². The number of hydrogen-bond acceptors (Lipinski definition) is 2. The number of hydrogen-bond donors (Lipinski definition) is 2. The average molecular weight is 433 g/mol. The van der Waals surface area contributed by atoms with E-state index in [1.807, 2.05) is 44.2 Å². The quantitative estimate of drug-likeness (QED) is 0.744. The van der Waals surface area contributed by atoms with Crippen LogP contribution in [-0.4, -0.2) is 36.0 Å². The van der Waals surface area contributed by atoms with E-state index in [1.165, 1.54) is 11.0 Å². The third-order valence-electron chi connectivity index (χ3n) is 5.31. The fraction of sp³-hybridized carbons (Fsp3) is 0.391. The molecule has 8 heteroatoms. The molecule has 1 fully saturated rings. The van der Waals surface area contributed by atoms with Crippen LogP contribution in [0.15, 0.2) is 54.6 Å². The summed E-state index contributed by atoms with van der Waals surface area (Å²) in [5, 5.41) is 5.65. The van der Waals surface area contributed by atoms with Crippen LogP contribution in [0.3, 0.4) is 0 Å². The third-order valence-corrected chi connectivity index (χ3v) is 5.31. The molecule has 5 nitrogen and oxygen atoms in total. The van der Waals surface area contributed by atoms with Gasteiger partial charge in [0.05, 0.1) is 11.5 Å². The van der Waals surface area contributed by atoms with Crippen molar-refractivity contribution in [2.24, 2.45) is 5.92 Å². The second-order valence-corrected chi connectivity index (χ2v) is 8.05. The number of alkyl halides is 3. The van der Waals surface area contributed by atoms with Gasteiger partial charge in [0, 0.05) is 31.6 Å². The highest BCUT2D eigenvalue weighted by atomic mass is 19.4. The largest absolute Gasteiger partial charge is 0.416 e. The van der Waals surface area contributed by atoms with Crippen molar-refractivity contribution in [2.75, 3.05) is 13.1 Å². The Bertz CT molecular complexity index is 916. The van der Waals surface area contributed by atoms with Gasteiger partial charge in [-0.25, -0.2) is 4.79 Å². The summed E-state index contributed by atoms with van der Waals surface area (Å²) in [6.45, 7) is 4.26. The minimum Gasteiger partial charge on any atom is -0.352 e. The Balaban J connectivity index is 1.82. The van der Waals surface area contributed by atoms with E-state index in [-0.39, 0.29) is 31.1 Å². The van der Waals surface area contributed by atoms with E-state index in [4.69, 9.17) is 0 Å². The molecule has 2 N–H and O–H groups in total. The normalized spacial score (nSPS) is 18.8. The van der Waals surface area contributed by atoms with Gasteiger partial charge in [-0.05, 0) is 31.0 Å². The molecular weight excluding hydrogens is 407 g/mol. The first-order valence-corrected chi connectivity index (χ1v) is 10.2. The van der Waals surface area contributed by atoms with Crippen LogP contribution in [0.2, 0.25) is 0 Å². The number of nitrogens with one attached hydrogen (secondary N) is 2. The number of carbonyl (C=O) groups excluding carboxylic acids is 2. The number of benzene rings is 2. The summed E-state index contributed by atoms with van der Waals surface area (Å²) in [6, 6.07) is 13.9. The van der Waals surface area contributed by atoms with E-state index in [0.717, 1.165) is 17.7 Å². The smallest absolute Gasteiger partial charge is 0.352 e. The molecule has 2 aromatic carbocycles. The van der Waals surface area contributed by atoms with Crippen LogP contribution in [0.5, 0.6) is 0 Å². The van der Waals surface area contributed by atoms with Crippen LogP contribution in [0.4, 0.5) is 18.0 Å². The zero-order chi connectivity index (χ0) is 22.6. The van der Waals surface area contributed by atoms with Crippen LogP contribution < -0.4 is 10.6 Å². The zero-order valence-corrected chi connectivity index (χ0v) is 17.4. The molecule has 31 heavy (non-hydrogen) atoms. The van der Waals surface area contributed by atoms with Crippen molar-refractivity contribution in [3.63, 3.8) is 0 Å². The predicted molar refractivity (Wildman–Crippen MR) is 111 cm³/mol. The number of likely N-dealkylation sites (tertiary alicyclic amines) is 1. The molecule has 0 bridgehead atoms. The number of urea groups is 1. The maximum atomic E-state index is 13.2. The van der Waals surface area contributed by atoms with Crippen molar-refractivity contribution in [3.05, 3.63) is 71.3 Å². The van der Waals surface area contributed by atoms with E-state index in [1.54, 1.807) is 6.07 Å². The molecule has 0 radical (unpaired) electrons. The van der Waals surface area contributed by atoms with Crippen molar-refractivity contribution < 1.29 is 22.8 Å². The average Bonchev–Trinajstić information content (AvgIpc) is 3.18. The molecule has 0 aromatic heterocycles. The lowest BCUT2D eigenvalue weighted by molar-refractivity contribution is -0.137. The molecule has 1 heterocycles. The van der Waals surface area contributed by atoms with Crippen molar-refractivity contribution >= 4 is 11.9 Å². The van der Waals surface area contributed by atoms with Gasteiger partial charge >= 0.3 is 12.2 Å². The summed E-state index contributed by atoms with van der Waals surface area (Å²) in [5.74, 6) is -1.47. The Hall–Kier alpha value is -3.03. The number of rotatable bonds is 5. The predicted octanol–water partition coefficient (Wildman–Crippen LogP) is 4.16. The molecule has 0 spiro atoms. The second-order valence-electron chi connectivity index (χ2n) is 8.05. The van der Waals surface area contributed by atoms with Crippen molar-refractivity contribution in [3.8, 4) is 0 Å². The Kier molecular flexibility index (Phi) is 6.87. The van der Waals surface area contributed by atoms with Gasteiger partial charge in [0.2, 0.25) is 5.91 Å². The molecule has 0 saturated carbocycles. The minimum absolute atomic E-state index is 0.0922. The lowest BCUT2D eigenvalue weighted by atomic mass is 9.87. The van der Waals surface area contributed by atoms with Crippen molar-refractivity contribution in [1.29, 1.82) is 0 Å². The van der Waals surface area contributed by atoms with Crippen LogP contribution in [0, 0.1) is 5.92 Å². The lowest BCUT2D eigenvalue weighted by Gasteiger charge is -2.19. The van der Waals surface area contributed by atoms with Gasteiger partial charge < -0.3 is 15.5 Å². The highest BCUT2D eigenvalue weighted by Gasteiger charge is 2.41. The van der Waals surface area contributed by atoms with Crippen LogP contribution >= 0.6 is 0 Å². The Morgan fingerprint density at radius 1 is 1.06 bits per heavy atom. The molecule has 3 amide bonds. The Labute approximate surface area is 179 Å². The standard InChI is InChI=1S/C23H26F3N3O2/c1-15(2)28-22(31)29-13-19(17-9-6-10-18(11-17)23(24,25)26)20(14-29)21(30)27-12-16-7-4-3-5-8-16/h3-11,15,19-20H,12-14H2,1-2H3,(H,27,30)(H,28,31). The van der Waals surface area contributed by atoms with Crippen LogP contribution in [0.25, 0.3) is 0 Å². The van der Waals surface area contributed by atoms with Gasteiger partial charge in [-0.1, -0.05) is 48.5 Å². The zero-order valence-electron chi connectivity index (χ0n) is 17.4. The molecule has 0 aliphatic carbocycles. The van der Waals surface area contributed by atoms with E-state index >= 15 is 0 Å². The SMILES string of the molecule is CC(C)NC(=O)N1CC(C(=O)NCc2ccccc2)C(c2cccc(C(F)(F)F)c2)C1. The summed E-state index contributed by atoms with van der Waals surface area (Å²) >= 11 is 0. The van der Waals surface area contributed by atoms with Gasteiger partial charge in [-0.15, -0.1) is 0 Å². The number of halogens is 3. The molecule has 3 rings (SSSR count). The van der Waals surface area contributed by atoms with Gasteiger partial charge in [0.25, 0.3) is 0 Å². The number of nitrogens with zero attached hydrogens (tertiary/aromatic N) is 1. The molecule has 166 valence electrons. The Morgan fingerprint density at radius 2 is 1.77 bits per heavy atom. The van der Waals surface area contributed by atoms with E-state index in [0.29, 0.717) is 12.1 Å².